The maximum atomic E-state index is 11.7. The number of benzene rings is 2. The number of fused-ring (bicyclic) bond motifs is 2. The molecule has 0 saturated heterocycles. The fourth-order valence-corrected chi connectivity index (χ4v) is 3.86. The van der Waals surface area contributed by atoms with Crippen molar-refractivity contribution in [1.82, 2.24) is 14.5 Å². The highest BCUT2D eigenvalue weighted by Crippen LogP contribution is 2.39. The molecule has 0 fully saturated rings. The zero-order chi connectivity index (χ0) is 21.4. The topological polar surface area (TPSA) is 101 Å². The summed E-state index contributed by atoms with van der Waals surface area (Å²) < 4.78 is 7.87. The van der Waals surface area contributed by atoms with Gasteiger partial charge < -0.3 is 25.0 Å². The Morgan fingerprint density at radius 3 is 2.94 bits per heavy atom. The molecule has 0 spiro atoms. The van der Waals surface area contributed by atoms with E-state index in [1.54, 1.807) is 18.2 Å². The van der Waals surface area contributed by atoms with Crippen molar-refractivity contribution in [2.45, 2.75) is 13.0 Å². The van der Waals surface area contributed by atoms with Gasteiger partial charge >= 0.3 is 0 Å². The molecular weight excluding hydrogens is 418 g/mol. The summed E-state index contributed by atoms with van der Waals surface area (Å²) in [7, 11) is 0. The van der Waals surface area contributed by atoms with Gasteiger partial charge in [0.25, 0.3) is 0 Å². The minimum atomic E-state index is -0.0567. The van der Waals surface area contributed by atoms with Crippen LogP contribution in [0.4, 0.5) is 17.2 Å². The number of rotatable bonds is 6. The SMILES string of the molecule is O=C1Cc2cccc(Oc3ccc(Nc4ncnc5ccn(CCO)c45)cc3Cl)c2N1. The van der Waals surface area contributed by atoms with Crippen LogP contribution in [0, 0.1) is 0 Å². The van der Waals surface area contributed by atoms with Crippen LogP contribution in [0.15, 0.2) is 55.0 Å². The van der Waals surface area contributed by atoms with E-state index >= 15 is 0 Å². The number of aromatic nitrogens is 3. The lowest BCUT2D eigenvalue weighted by molar-refractivity contribution is -0.115. The third kappa shape index (κ3) is 3.67. The van der Waals surface area contributed by atoms with E-state index < -0.39 is 0 Å². The van der Waals surface area contributed by atoms with Crippen molar-refractivity contribution < 1.29 is 14.6 Å². The Labute approximate surface area is 182 Å². The third-order valence-electron chi connectivity index (χ3n) is 5.03. The largest absolute Gasteiger partial charge is 0.454 e. The Kier molecular flexibility index (Phi) is 4.93. The lowest BCUT2D eigenvalue weighted by Gasteiger charge is -2.13. The molecule has 8 nitrogen and oxygen atoms in total. The molecule has 0 aliphatic carbocycles. The number of para-hydroxylation sites is 1. The molecule has 0 saturated carbocycles. The zero-order valence-corrected chi connectivity index (χ0v) is 17.1. The van der Waals surface area contributed by atoms with Crippen molar-refractivity contribution in [3.63, 3.8) is 0 Å². The summed E-state index contributed by atoms with van der Waals surface area (Å²) in [6.45, 7) is 0.455. The minimum absolute atomic E-state index is 0.0135. The van der Waals surface area contributed by atoms with Gasteiger partial charge in [-0.1, -0.05) is 23.7 Å². The zero-order valence-electron chi connectivity index (χ0n) is 16.3. The van der Waals surface area contributed by atoms with Crippen LogP contribution >= 0.6 is 11.6 Å². The van der Waals surface area contributed by atoms with Gasteiger partial charge in [-0.15, -0.1) is 0 Å². The lowest BCUT2D eigenvalue weighted by Crippen LogP contribution is -2.04. The standard InChI is InChI=1S/C22H18ClN5O3/c23-15-11-14(26-22-21-16(24-12-25-22)6-7-28(21)8-9-29)4-5-17(15)31-18-3-1-2-13-10-19(30)27-20(13)18/h1-7,11-12,29H,8-10H2,(H,27,30)(H,24,25,26). The van der Waals surface area contributed by atoms with Crippen LogP contribution in [-0.2, 0) is 17.8 Å². The smallest absolute Gasteiger partial charge is 0.228 e. The van der Waals surface area contributed by atoms with Crippen LogP contribution in [-0.4, -0.2) is 32.2 Å². The molecule has 3 N–H and O–H groups in total. The van der Waals surface area contributed by atoms with Gasteiger partial charge in [0, 0.05) is 18.4 Å². The van der Waals surface area contributed by atoms with Crippen molar-refractivity contribution in [2.75, 3.05) is 17.2 Å². The Morgan fingerprint density at radius 1 is 1.19 bits per heavy atom. The first kappa shape index (κ1) is 19.3. The van der Waals surface area contributed by atoms with Crippen molar-refractivity contribution in [3.05, 3.63) is 65.6 Å². The summed E-state index contributed by atoms with van der Waals surface area (Å²) in [5.41, 5.74) is 3.87. The first-order valence-electron chi connectivity index (χ1n) is 9.69. The normalized spacial score (nSPS) is 12.6. The van der Waals surface area contributed by atoms with Crippen LogP contribution in [0.25, 0.3) is 11.0 Å². The third-order valence-corrected chi connectivity index (χ3v) is 5.33. The molecule has 1 aliphatic rings. The molecule has 4 aromatic rings. The van der Waals surface area contributed by atoms with Crippen LogP contribution in [0.5, 0.6) is 11.5 Å². The number of carbonyl (C=O) groups excluding carboxylic acids is 1. The minimum Gasteiger partial charge on any atom is -0.454 e. The van der Waals surface area contributed by atoms with Crippen molar-refractivity contribution in [2.24, 2.45) is 0 Å². The van der Waals surface area contributed by atoms with Gasteiger partial charge in [-0.25, -0.2) is 9.97 Å². The number of hydrogen-bond donors (Lipinski definition) is 3. The van der Waals surface area contributed by atoms with Crippen LogP contribution < -0.4 is 15.4 Å². The van der Waals surface area contributed by atoms with E-state index in [0.717, 1.165) is 22.3 Å². The van der Waals surface area contributed by atoms with Crippen LogP contribution in [0.1, 0.15) is 5.56 Å². The molecule has 156 valence electrons. The number of amides is 1. The molecule has 1 amide bonds. The van der Waals surface area contributed by atoms with Crippen molar-refractivity contribution in [3.8, 4) is 11.5 Å². The molecule has 1 aliphatic heterocycles. The quantitative estimate of drug-likeness (QED) is 0.421. The number of nitrogens with zero attached hydrogens (tertiary/aromatic N) is 3. The molecule has 0 bridgehead atoms. The molecule has 0 radical (unpaired) electrons. The number of ether oxygens (including phenoxy) is 1. The van der Waals surface area contributed by atoms with E-state index in [0.29, 0.717) is 41.0 Å². The van der Waals surface area contributed by atoms with Crippen LogP contribution in [0.3, 0.4) is 0 Å². The highest BCUT2D eigenvalue weighted by Gasteiger charge is 2.22. The number of anilines is 3. The second-order valence-corrected chi connectivity index (χ2v) is 7.48. The molecule has 2 aromatic heterocycles. The van der Waals surface area contributed by atoms with Gasteiger partial charge in [0.2, 0.25) is 5.91 Å². The Balaban J connectivity index is 1.41. The van der Waals surface area contributed by atoms with Gasteiger partial charge in [-0.3, -0.25) is 4.79 Å². The molecule has 0 unspecified atom stereocenters. The maximum Gasteiger partial charge on any atom is 0.228 e. The van der Waals surface area contributed by atoms with E-state index in [2.05, 4.69) is 20.6 Å². The molecule has 31 heavy (non-hydrogen) atoms. The maximum absolute atomic E-state index is 11.7. The Morgan fingerprint density at radius 2 is 2.10 bits per heavy atom. The number of nitrogens with one attached hydrogen (secondary N) is 2. The summed E-state index contributed by atoms with van der Waals surface area (Å²) in [6.07, 6.45) is 3.69. The second-order valence-electron chi connectivity index (χ2n) is 7.08. The monoisotopic (exact) mass is 435 g/mol. The first-order valence-corrected chi connectivity index (χ1v) is 10.1. The Hall–Kier alpha value is -3.62. The summed E-state index contributed by atoms with van der Waals surface area (Å²) in [6, 6.07) is 12.7. The van der Waals surface area contributed by atoms with E-state index in [1.165, 1.54) is 6.33 Å². The number of aliphatic hydroxyl groups excluding tert-OH is 1. The average Bonchev–Trinajstić information content (AvgIpc) is 3.34. The van der Waals surface area contributed by atoms with Gasteiger partial charge in [-0.05, 0) is 35.9 Å². The van der Waals surface area contributed by atoms with Gasteiger partial charge in [-0.2, -0.15) is 0 Å². The Bertz CT molecular complexity index is 1300. The average molecular weight is 436 g/mol. The molecule has 9 heteroatoms. The number of hydrogen-bond acceptors (Lipinski definition) is 6. The fourth-order valence-electron chi connectivity index (χ4n) is 3.64. The van der Waals surface area contributed by atoms with Crippen LogP contribution in [0.2, 0.25) is 5.02 Å². The molecule has 2 aromatic carbocycles. The summed E-state index contributed by atoms with van der Waals surface area (Å²) >= 11 is 6.48. The summed E-state index contributed by atoms with van der Waals surface area (Å²) in [5.74, 6) is 1.57. The highest BCUT2D eigenvalue weighted by atomic mass is 35.5. The van der Waals surface area contributed by atoms with Gasteiger partial charge in [0.15, 0.2) is 11.6 Å². The highest BCUT2D eigenvalue weighted by molar-refractivity contribution is 6.32. The van der Waals surface area contributed by atoms with E-state index in [4.69, 9.17) is 16.3 Å². The lowest BCUT2D eigenvalue weighted by atomic mass is 10.1. The predicted molar refractivity (Wildman–Crippen MR) is 118 cm³/mol. The van der Waals surface area contributed by atoms with Gasteiger partial charge in [0.05, 0.1) is 29.3 Å². The summed E-state index contributed by atoms with van der Waals surface area (Å²) in [5, 5.41) is 15.8. The molecule has 0 atom stereocenters. The van der Waals surface area contributed by atoms with E-state index in [-0.39, 0.29) is 12.5 Å². The molecular formula is C22H18ClN5O3. The van der Waals surface area contributed by atoms with Gasteiger partial charge in [0.1, 0.15) is 17.6 Å². The van der Waals surface area contributed by atoms with E-state index in [1.807, 2.05) is 35.0 Å². The number of carbonyl (C=O) groups is 1. The fraction of sp³-hybridized carbons (Fsp3) is 0.136. The number of aliphatic hydroxyl groups is 1. The first-order chi connectivity index (χ1) is 15.1. The molecule has 5 rings (SSSR count). The summed E-state index contributed by atoms with van der Waals surface area (Å²) in [4.78, 5) is 20.3. The second kappa shape index (κ2) is 7.90. The molecule has 3 heterocycles. The van der Waals surface area contributed by atoms with Crippen molar-refractivity contribution in [1.29, 1.82) is 0 Å². The van der Waals surface area contributed by atoms with Crippen molar-refractivity contribution >= 4 is 45.7 Å². The number of halogens is 1. The predicted octanol–water partition coefficient (Wildman–Crippen LogP) is 4.11. The van der Waals surface area contributed by atoms with E-state index in [9.17, 15) is 9.90 Å².